The number of carbonyl (C=O) groups is 2. The molecule has 8 nitrogen and oxygen atoms in total. The highest BCUT2D eigenvalue weighted by molar-refractivity contribution is 5.97. The summed E-state index contributed by atoms with van der Waals surface area (Å²) in [6.45, 7) is 0.308. The van der Waals surface area contributed by atoms with E-state index in [2.05, 4.69) is 15.5 Å². The Morgan fingerprint density at radius 1 is 1.10 bits per heavy atom. The van der Waals surface area contributed by atoms with E-state index in [9.17, 15) is 9.59 Å². The first-order valence-corrected chi connectivity index (χ1v) is 10.0. The number of ether oxygens (including phenoxy) is 2. The van der Waals surface area contributed by atoms with E-state index in [0.29, 0.717) is 30.1 Å². The first-order valence-electron chi connectivity index (χ1n) is 10.0. The maximum atomic E-state index is 13.2. The predicted octanol–water partition coefficient (Wildman–Crippen LogP) is 2.49. The van der Waals surface area contributed by atoms with Crippen LogP contribution in [0.25, 0.3) is 11.3 Å². The van der Waals surface area contributed by atoms with Gasteiger partial charge in [-0.05, 0) is 42.5 Å². The number of hydrogen-bond donors (Lipinski definition) is 2. The predicted molar refractivity (Wildman–Crippen MR) is 115 cm³/mol. The normalized spacial score (nSPS) is 17.9. The van der Waals surface area contributed by atoms with Crippen LogP contribution in [-0.4, -0.2) is 59.8 Å². The second-order valence-electron chi connectivity index (χ2n) is 7.27. The summed E-state index contributed by atoms with van der Waals surface area (Å²) in [5.41, 5.74) is 1.81. The SMILES string of the molecule is CNC(=O)[C@@H]1C[C@H](Oc2ccccc2)CN1C(=O)c1cc(-c2ccc(OC)cc2)n[nH]1. The van der Waals surface area contributed by atoms with Crippen molar-refractivity contribution in [3.8, 4) is 22.8 Å². The molecule has 2 N–H and O–H groups in total. The molecule has 31 heavy (non-hydrogen) atoms. The van der Waals surface area contributed by atoms with Gasteiger partial charge in [-0.3, -0.25) is 14.7 Å². The fraction of sp³-hybridized carbons (Fsp3) is 0.261. The molecule has 0 radical (unpaired) electrons. The number of carbonyl (C=O) groups excluding carboxylic acids is 2. The van der Waals surface area contributed by atoms with E-state index in [0.717, 1.165) is 11.3 Å². The van der Waals surface area contributed by atoms with Crippen molar-refractivity contribution < 1.29 is 19.1 Å². The lowest BCUT2D eigenvalue weighted by Gasteiger charge is -2.22. The van der Waals surface area contributed by atoms with Crippen molar-refractivity contribution in [3.05, 3.63) is 66.4 Å². The number of para-hydroxylation sites is 1. The van der Waals surface area contributed by atoms with Crippen LogP contribution in [0.5, 0.6) is 11.5 Å². The molecule has 0 aliphatic carbocycles. The molecule has 2 amide bonds. The van der Waals surface area contributed by atoms with Crippen molar-refractivity contribution in [2.75, 3.05) is 20.7 Å². The second kappa shape index (κ2) is 8.91. The summed E-state index contributed by atoms with van der Waals surface area (Å²) in [7, 11) is 3.17. The van der Waals surface area contributed by atoms with Gasteiger partial charge in [0.2, 0.25) is 5.91 Å². The third-order valence-corrected chi connectivity index (χ3v) is 5.31. The van der Waals surface area contributed by atoms with Crippen LogP contribution in [-0.2, 0) is 4.79 Å². The van der Waals surface area contributed by atoms with Gasteiger partial charge in [-0.25, -0.2) is 0 Å². The number of aromatic nitrogens is 2. The average molecular weight is 420 g/mol. The molecule has 3 aromatic rings. The van der Waals surface area contributed by atoms with Gasteiger partial charge in [0.05, 0.1) is 19.3 Å². The van der Waals surface area contributed by atoms with Crippen molar-refractivity contribution >= 4 is 11.8 Å². The molecule has 2 atom stereocenters. The van der Waals surface area contributed by atoms with Gasteiger partial charge in [0, 0.05) is 19.0 Å². The molecule has 1 fully saturated rings. The van der Waals surface area contributed by atoms with Gasteiger partial charge in [-0.15, -0.1) is 0 Å². The highest BCUT2D eigenvalue weighted by Gasteiger charge is 2.41. The Morgan fingerprint density at radius 3 is 2.52 bits per heavy atom. The van der Waals surface area contributed by atoms with Crippen LogP contribution < -0.4 is 14.8 Å². The van der Waals surface area contributed by atoms with Gasteiger partial charge in [0.1, 0.15) is 29.3 Å². The van der Waals surface area contributed by atoms with Gasteiger partial charge < -0.3 is 19.7 Å². The van der Waals surface area contributed by atoms with E-state index in [1.54, 1.807) is 20.2 Å². The molecule has 0 bridgehead atoms. The Balaban J connectivity index is 1.52. The summed E-state index contributed by atoms with van der Waals surface area (Å²) in [6.07, 6.45) is 0.136. The fourth-order valence-electron chi connectivity index (χ4n) is 3.71. The van der Waals surface area contributed by atoms with E-state index in [1.807, 2.05) is 54.6 Å². The van der Waals surface area contributed by atoms with Crippen molar-refractivity contribution in [1.82, 2.24) is 20.4 Å². The van der Waals surface area contributed by atoms with E-state index in [1.165, 1.54) is 4.90 Å². The van der Waals surface area contributed by atoms with Crippen LogP contribution >= 0.6 is 0 Å². The van der Waals surface area contributed by atoms with Crippen molar-refractivity contribution in [2.24, 2.45) is 0 Å². The fourth-order valence-corrected chi connectivity index (χ4v) is 3.71. The van der Waals surface area contributed by atoms with Crippen LogP contribution in [0.1, 0.15) is 16.9 Å². The molecule has 2 heterocycles. The molecule has 1 aromatic heterocycles. The number of hydrogen-bond acceptors (Lipinski definition) is 5. The number of benzene rings is 2. The quantitative estimate of drug-likeness (QED) is 0.639. The van der Waals surface area contributed by atoms with Gasteiger partial charge in [0.15, 0.2) is 0 Å². The third kappa shape index (κ3) is 4.37. The molecule has 1 aliphatic rings. The molecular formula is C23H24N4O4. The zero-order valence-electron chi connectivity index (χ0n) is 17.4. The minimum absolute atomic E-state index is 0.220. The zero-order chi connectivity index (χ0) is 21.8. The Morgan fingerprint density at radius 2 is 1.84 bits per heavy atom. The van der Waals surface area contributed by atoms with Crippen molar-refractivity contribution in [3.63, 3.8) is 0 Å². The topological polar surface area (TPSA) is 96.6 Å². The Kier molecular flexibility index (Phi) is 5.88. The molecule has 2 aromatic carbocycles. The minimum Gasteiger partial charge on any atom is -0.497 e. The van der Waals surface area contributed by atoms with Crippen molar-refractivity contribution in [2.45, 2.75) is 18.6 Å². The van der Waals surface area contributed by atoms with Gasteiger partial charge in [-0.2, -0.15) is 5.10 Å². The van der Waals surface area contributed by atoms with Gasteiger partial charge in [0.25, 0.3) is 5.91 Å². The molecule has 0 spiro atoms. The smallest absolute Gasteiger partial charge is 0.272 e. The summed E-state index contributed by atoms with van der Waals surface area (Å²) >= 11 is 0. The Bertz CT molecular complexity index is 1050. The minimum atomic E-state index is -0.612. The lowest BCUT2D eigenvalue weighted by molar-refractivity contribution is -0.124. The number of aromatic amines is 1. The van der Waals surface area contributed by atoms with Crippen LogP contribution in [0.4, 0.5) is 0 Å². The first-order chi connectivity index (χ1) is 15.1. The number of nitrogens with one attached hydrogen (secondary N) is 2. The number of likely N-dealkylation sites (N-methyl/N-ethyl adjacent to an activating group) is 1. The Hall–Kier alpha value is -3.81. The summed E-state index contributed by atoms with van der Waals surface area (Å²) in [4.78, 5) is 27.2. The maximum Gasteiger partial charge on any atom is 0.272 e. The molecule has 0 unspecified atom stereocenters. The van der Waals surface area contributed by atoms with Gasteiger partial charge >= 0.3 is 0 Å². The molecule has 8 heteroatoms. The monoisotopic (exact) mass is 420 g/mol. The molecular weight excluding hydrogens is 396 g/mol. The molecule has 160 valence electrons. The van der Waals surface area contributed by atoms with E-state index < -0.39 is 6.04 Å². The average Bonchev–Trinajstić information content (AvgIpc) is 3.47. The van der Waals surface area contributed by atoms with E-state index in [-0.39, 0.29) is 17.9 Å². The van der Waals surface area contributed by atoms with Crippen LogP contribution in [0.3, 0.4) is 0 Å². The largest absolute Gasteiger partial charge is 0.497 e. The summed E-state index contributed by atoms with van der Waals surface area (Å²) in [5.74, 6) is 0.939. The van der Waals surface area contributed by atoms with Crippen molar-refractivity contribution in [1.29, 1.82) is 0 Å². The number of amides is 2. The summed E-state index contributed by atoms with van der Waals surface area (Å²) in [5, 5.41) is 9.72. The molecule has 0 saturated carbocycles. The van der Waals surface area contributed by atoms with Crippen LogP contribution in [0, 0.1) is 0 Å². The first kappa shape index (κ1) is 20.5. The summed E-state index contributed by atoms with van der Waals surface area (Å²) in [6, 6.07) is 17.9. The lowest BCUT2D eigenvalue weighted by atomic mass is 10.1. The van der Waals surface area contributed by atoms with E-state index in [4.69, 9.17) is 9.47 Å². The highest BCUT2D eigenvalue weighted by atomic mass is 16.5. The zero-order valence-corrected chi connectivity index (χ0v) is 17.4. The van der Waals surface area contributed by atoms with Crippen LogP contribution in [0.2, 0.25) is 0 Å². The number of rotatable bonds is 6. The van der Waals surface area contributed by atoms with Gasteiger partial charge in [-0.1, -0.05) is 18.2 Å². The third-order valence-electron chi connectivity index (χ3n) is 5.31. The number of methoxy groups -OCH3 is 1. The summed E-state index contributed by atoms with van der Waals surface area (Å²) < 4.78 is 11.2. The number of H-pyrrole nitrogens is 1. The second-order valence-corrected chi connectivity index (χ2v) is 7.27. The molecule has 1 aliphatic heterocycles. The Labute approximate surface area is 180 Å². The molecule has 1 saturated heterocycles. The lowest BCUT2D eigenvalue weighted by Crippen LogP contribution is -2.45. The maximum absolute atomic E-state index is 13.2. The number of nitrogens with zero attached hydrogens (tertiary/aromatic N) is 2. The van der Waals surface area contributed by atoms with E-state index >= 15 is 0 Å². The number of likely N-dealkylation sites (tertiary alicyclic amines) is 1. The highest BCUT2D eigenvalue weighted by Crippen LogP contribution is 2.26. The van der Waals surface area contributed by atoms with Crippen LogP contribution in [0.15, 0.2) is 60.7 Å². The molecule has 4 rings (SSSR count). The standard InChI is InChI=1S/C23H24N4O4/c1-24-22(28)21-12-18(31-17-6-4-3-5-7-17)14-27(21)23(29)20-13-19(25-26-20)15-8-10-16(30-2)11-9-15/h3-11,13,18,21H,12,14H2,1-2H3,(H,24,28)(H,25,26)/t18-,21-/m0/s1.